The fourth-order valence-electron chi connectivity index (χ4n) is 2.40. The lowest BCUT2D eigenvalue weighted by atomic mass is 10.0. The van der Waals surface area contributed by atoms with Crippen LogP contribution < -0.4 is 5.32 Å². The molecule has 0 spiro atoms. The highest BCUT2D eigenvalue weighted by Crippen LogP contribution is 2.31. The molecule has 5 nitrogen and oxygen atoms in total. The van der Waals surface area contributed by atoms with Crippen LogP contribution in [0.4, 0.5) is 0 Å². The number of fused-ring (bicyclic) bond motifs is 1. The van der Waals surface area contributed by atoms with Crippen molar-refractivity contribution in [2.75, 3.05) is 20.3 Å². The summed E-state index contributed by atoms with van der Waals surface area (Å²) >= 11 is 6.30. The number of hydrogen-bond acceptors (Lipinski definition) is 4. The summed E-state index contributed by atoms with van der Waals surface area (Å²) in [6.45, 7) is 0.886. The molecule has 2 heterocycles. The van der Waals surface area contributed by atoms with Gasteiger partial charge in [-0.2, -0.15) is 0 Å². The molecule has 1 aromatic carbocycles. The van der Waals surface area contributed by atoms with Crippen molar-refractivity contribution in [3.05, 3.63) is 59.5 Å². The molecule has 24 heavy (non-hydrogen) atoms. The topological polar surface area (TPSA) is 64.1 Å². The number of ether oxygens (including phenoxy) is 1. The predicted octanol–water partition coefficient (Wildman–Crippen LogP) is 3.33. The van der Waals surface area contributed by atoms with Crippen LogP contribution in [0.3, 0.4) is 0 Å². The zero-order valence-corrected chi connectivity index (χ0v) is 13.9. The monoisotopic (exact) mass is 341 g/mol. The lowest BCUT2D eigenvalue weighted by Gasteiger charge is -2.09. The van der Waals surface area contributed by atoms with Gasteiger partial charge in [0.1, 0.15) is 5.69 Å². The summed E-state index contributed by atoms with van der Waals surface area (Å²) in [5.41, 5.74) is 2.67. The molecule has 0 fully saturated rings. The van der Waals surface area contributed by atoms with Gasteiger partial charge in [0, 0.05) is 47.6 Å². The van der Waals surface area contributed by atoms with Crippen LogP contribution in [0, 0.1) is 0 Å². The molecule has 0 atom stereocenters. The minimum absolute atomic E-state index is 0.240. The van der Waals surface area contributed by atoms with Crippen LogP contribution in [-0.2, 0) is 4.74 Å². The van der Waals surface area contributed by atoms with Crippen LogP contribution in [0.5, 0.6) is 0 Å². The molecule has 1 N–H and O–H groups in total. The molecule has 0 aliphatic heterocycles. The number of benzene rings is 1. The van der Waals surface area contributed by atoms with Crippen molar-refractivity contribution in [1.29, 1.82) is 0 Å². The van der Waals surface area contributed by atoms with Crippen LogP contribution in [0.25, 0.3) is 22.0 Å². The summed E-state index contributed by atoms with van der Waals surface area (Å²) in [5.74, 6) is -0.240. The van der Waals surface area contributed by atoms with Gasteiger partial charge in [0.15, 0.2) is 0 Å². The van der Waals surface area contributed by atoms with Gasteiger partial charge in [-0.3, -0.25) is 9.78 Å². The number of amides is 1. The van der Waals surface area contributed by atoms with E-state index in [-0.39, 0.29) is 5.91 Å². The van der Waals surface area contributed by atoms with Gasteiger partial charge in [-0.05, 0) is 18.2 Å². The van der Waals surface area contributed by atoms with Gasteiger partial charge in [0.2, 0.25) is 0 Å². The van der Waals surface area contributed by atoms with E-state index in [4.69, 9.17) is 16.3 Å². The average molecular weight is 342 g/mol. The smallest absolute Gasteiger partial charge is 0.269 e. The second kappa shape index (κ2) is 7.38. The third-order valence-electron chi connectivity index (χ3n) is 3.59. The Morgan fingerprint density at radius 3 is 2.79 bits per heavy atom. The highest BCUT2D eigenvalue weighted by Gasteiger charge is 2.12. The standard InChI is InChI=1S/C18H16ClN3O2/c1-24-9-8-21-18(23)16-7-6-12-10-20-11-14(17(12)22-16)13-4-2-3-5-15(13)19/h2-7,10-11H,8-9H2,1H3,(H,21,23). The zero-order chi connectivity index (χ0) is 16.9. The molecule has 0 aliphatic carbocycles. The Morgan fingerprint density at radius 2 is 2.00 bits per heavy atom. The molecule has 0 aliphatic rings. The van der Waals surface area contributed by atoms with Crippen molar-refractivity contribution in [2.45, 2.75) is 0 Å². The fraction of sp³-hybridized carbons (Fsp3) is 0.167. The lowest BCUT2D eigenvalue weighted by Crippen LogP contribution is -2.27. The Morgan fingerprint density at radius 1 is 1.17 bits per heavy atom. The first-order valence-electron chi connectivity index (χ1n) is 7.47. The molecule has 0 bridgehead atoms. The molecule has 1 amide bonds. The van der Waals surface area contributed by atoms with Gasteiger partial charge >= 0.3 is 0 Å². The fourth-order valence-corrected chi connectivity index (χ4v) is 2.64. The summed E-state index contributed by atoms with van der Waals surface area (Å²) in [5, 5.41) is 4.23. The lowest BCUT2D eigenvalue weighted by molar-refractivity contribution is 0.0932. The van der Waals surface area contributed by atoms with Gasteiger partial charge in [0.25, 0.3) is 5.91 Å². The van der Waals surface area contributed by atoms with Crippen LogP contribution in [0.2, 0.25) is 5.02 Å². The molecule has 0 saturated heterocycles. The molecular weight excluding hydrogens is 326 g/mol. The van der Waals surface area contributed by atoms with Gasteiger partial charge in [-0.1, -0.05) is 29.8 Å². The first-order chi connectivity index (χ1) is 11.7. The summed E-state index contributed by atoms with van der Waals surface area (Å²) < 4.78 is 4.93. The number of aromatic nitrogens is 2. The van der Waals surface area contributed by atoms with E-state index in [0.717, 1.165) is 16.5 Å². The largest absolute Gasteiger partial charge is 0.383 e. The molecule has 2 aromatic heterocycles. The number of pyridine rings is 2. The van der Waals surface area contributed by atoms with E-state index < -0.39 is 0 Å². The van der Waals surface area contributed by atoms with Crippen molar-refractivity contribution >= 4 is 28.4 Å². The minimum atomic E-state index is -0.240. The first kappa shape index (κ1) is 16.4. The molecule has 0 radical (unpaired) electrons. The first-order valence-corrected chi connectivity index (χ1v) is 7.85. The van der Waals surface area contributed by atoms with Crippen LogP contribution in [-0.4, -0.2) is 36.1 Å². The predicted molar refractivity (Wildman–Crippen MR) is 94.2 cm³/mol. The Bertz CT molecular complexity index is 883. The zero-order valence-electron chi connectivity index (χ0n) is 13.1. The highest BCUT2D eigenvalue weighted by atomic mass is 35.5. The maximum absolute atomic E-state index is 12.2. The van der Waals surface area contributed by atoms with Crippen molar-refractivity contribution < 1.29 is 9.53 Å². The number of methoxy groups -OCH3 is 1. The molecule has 3 rings (SSSR count). The third kappa shape index (κ3) is 3.37. The highest BCUT2D eigenvalue weighted by molar-refractivity contribution is 6.33. The summed E-state index contributed by atoms with van der Waals surface area (Å²) in [6.07, 6.45) is 3.43. The van der Waals surface area contributed by atoms with E-state index in [9.17, 15) is 4.79 Å². The number of carbonyl (C=O) groups is 1. The molecule has 0 unspecified atom stereocenters. The Labute approximate surface area is 144 Å². The van der Waals surface area contributed by atoms with Crippen molar-refractivity contribution in [2.24, 2.45) is 0 Å². The van der Waals surface area contributed by atoms with E-state index >= 15 is 0 Å². The summed E-state index contributed by atoms with van der Waals surface area (Å²) in [7, 11) is 1.59. The number of hydrogen-bond donors (Lipinski definition) is 1. The van der Waals surface area contributed by atoms with Crippen molar-refractivity contribution in [3.63, 3.8) is 0 Å². The number of nitrogens with zero attached hydrogens (tertiary/aromatic N) is 2. The van der Waals surface area contributed by atoms with Crippen LogP contribution in [0.1, 0.15) is 10.5 Å². The second-order valence-corrected chi connectivity index (χ2v) is 5.59. The molecule has 0 saturated carbocycles. The molecule has 122 valence electrons. The molecule has 6 heteroatoms. The molecular formula is C18H16ClN3O2. The average Bonchev–Trinajstić information content (AvgIpc) is 2.61. The third-order valence-corrected chi connectivity index (χ3v) is 3.92. The van der Waals surface area contributed by atoms with Crippen molar-refractivity contribution in [1.82, 2.24) is 15.3 Å². The van der Waals surface area contributed by atoms with Crippen LogP contribution in [0.15, 0.2) is 48.8 Å². The number of rotatable bonds is 5. The minimum Gasteiger partial charge on any atom is -0.383 e. The Balaban J connectivity index is 2.04. The van der Waals surface area contributed by atoms with E-state index in [1.807, 2.05) is 30.3 Å². The number of carbonyl (C=O) groups excluding carboxylic acids is 1. The van der Waals surface area contributed by atoms with Crippen molar-refractivity contribution in [3.8, 4) is 11.1 Å². The van der Waals surface area contributed by atoms with E-state index in [1.165, 1.54) is 0 Å². The maximum atomic E-state index is 12.2. The van der Waals surface area contributed by atoms with E-state index in [2.05, 4.69) is 15.3 Å². The van der Waals surface area contributed by atoms with Crippen LogP contribution >= 0.6 is 11.6 Å². The van der Waals surface area contributed by atoms with Gasteiger partial charge in [-0.15, -0.1) is 0 Å². The van der Waals surface area contributed by atoms with E-state index in [0.29, 0.717) is 29.4 Å². The Kier molecular flexibility index (Phi) is 5.03. The number of nitrogens with one attached hydrogen (secondary N) is 1. The SMILES string of the molecule is COCCNC(=O)c1ccc2cncc(-c3ccccc3Cl)c2n1. The normalized spacial score (nSPS) is 10.8. The maximum Gasteiger partial charge on any atom is 0.269 e. The van der Waals surface area contributed by atoms with Gasteiger partial charge < -0.3 is 10.1 Å². The summed E-state index contributed by atoms with van der Waals surface area (Å²) in [4.78, 5) is 21.0. The number of halogens is 1. The quantitative estimate of drug-likeness (QED) is 0.723. The summed E-state index contributed by atoms with van der Waals surface area (Å²) in [6, 6.07) is 11.0. The van der Waals surface area contributed by atoms with Gasteiger partial charge in [-0.25, -0.2) is 4.98 Å². The van der Waals surface area contributed by atoms with E-state index in [1.54, 1.807) is 25.6 Å². The molecule has 3 aromatic rings. The van der Waals surface area contributed by atoms with Gasteiger partial charge in [0.05, 0.1) is 12.1 Å². The second-order valence-electron chi connectivity index (χ2n) is 5.18. The Hall–Kier alpha value is -2.50.